The first-order valence-electron chi connectivity index (χ1n) is 6.33. The van der Waals surface area contributed by atoms with Crippen molar-refractivity contribution >= 4 is 6.09 Å². The molecule has 2 atom stereocenters. The Hall–Kier alpha value is -0.770. The minimum absolute atomic E-state index is 0.250. The summed E-state index contributed by atoms with van der Waals surface area (Å²) in [5.74, 6) is 0.398. The molecule has 2 rings (SSSR count). The van der Waals surface area contributed by atoms with Gasteiger partial charge in [-0.05, 0) is 31.6 Å². The summed E-state index contributed by atoms with van der Waals surface area (Å²) in [6.45, 7) is 4.58. The Balaban J connectivity index is 1.71. The molecule has 0 radical (unpaired) electrons. The lowest BCUT2D eigenvalue weighted by Crippen LogP contribution is -2.48. The first-order valence-corrected chi connectivity index (χ1v) is 6.33. The van der Waals surface area contributed by atoms with Gasteiger partial charge in [-0.3, -0.25) is 0 Å². The van der Waals surface area contributed by atoms with E-state index in [0.717, 1.165) is 12.8 Å². The highest BCUT2D eigenvalue weighted by molar-refractivity contribution is 5.67. The molecule has 2 bridgehead atoms. The van der Waals surface area contributed by atoms with Gasteiger partial charge >= 0.3 is 6.09 Å². The topological polar surface area (TPSA) is 50.4 Å². The van der Waals surface area contributed by atoms with Gasteiger partial charge in [-0.2, -0.15) is 0 Å². The van der Waals surface area contributed by atoms with Crippen molar-refractivity contribution in [3.63, 3.8) is 0 Å². The second kappa shape index (κ2) is 5.04. The fraction of sp³-hybridized carbons (Fsp3) is 0.917. The van der Waals surface area contributed by atoms with Gasteiger partial charge in [-0.15, -0.1) is 0 Å². The smallest absolute Gasteiger partial charge is 0.407 e. The molecular weight excluding hydrogens is 204 g/mol. The first kappa shape index (κ1) is 11.7. The fourth-order valence-electron chi connectivity index (χ4n) is 2.63. The highest BCUT2D eigenvalue weighted by Gasteiger charge is 2.34. The lowest BCUT2D eigenvalue weighted by molar-refractivity contribution is 0.126. The molecule has 2 aliphatic rings. The Morgan fingerprint density at radius 1 is 1.38 bits per heavy atom. The molecule has 2 aliphatic heterocycles. The van der Waals surface area contributed by atoms with Crippen molar-refractivity contribution in [3.8, 4) is 0 Å². The lowest BCUT2D eigenvalue weighted by Gasteiger charge is -2.29. The van der Waals surface area contributed by atoms with Crippen LogP contribution in [0.5, 0.6) is 0 Å². The van der Waals surface area contributed by atoms with Gasteiger partial charge in [-0.25, -0.2) is 4.79 Å². The number of nitrogens with one attached hydrogen (secondary N) is 2. The number of carbonyl (C=O) groups is 1. The number of piperidine rings is 1. The Morgan fingerprint density at radius 2 is 2.00 bits per heavy atom. The van der Waals surface area contributed by atoms with E-state index in [2.05, 4.69) is 10.6 Å². The molecule has 4 nitrogen and oxygen atoms in total. The molecule has 1 amide bonds. The monoisotopic (exact) mass is 226 g/mol. The van der Waals surface area contributed by atoms with Gasteiger partial charge in [0, 0.05) is 18.1 Å². The predicted molar refractivity (Wildman–Crippen MR) is 62.3 cm³/mol. The van der Waals surface area contributed by atoms with Crippen molar-refractivity contribution < 1.29 is 9.53 Å². The standard InChI is InChI=1S/C12H22N2O2/c1-8(2)7-16-12(15)14-11-5-9-3-4-10(6-11)13-9/h8-11,13H,3-7H2,1-2H3,(H,14,15). The largest absolute Gasteiger partial charge is 0.449 e. The summed E-state index contributed by atoms with van der Waals surface area (Å²) in [4.78, 5) is 11.5. The molecule has 0 aromatic heterocycles. The fourth-order valence-corrected chi connectivity index (χ4v) is 2.63. The van der Waals surface area contributed by atoms with Gasteiger partial charge in [0.2, 0.25) is 0 Å². The average molecular weight is 226 g/mol. The number of alkyl carbamates (subject to hydrolysis) is 1. The van der Waals surface area contributed by atoms with Crippen LogP contribution in [-0.2, 0) is 4.74 Å². The van der Waals surface area contributed by atoms with Gasteiger partial charge in [0.25, 0.3) is 0 Å². The molecule has 0 aromatic carbocycles. The predicted octanol–water partition coefficient (Wildman–Crippen LogP) is 1.65. The highest BCUT2D eigenvalue weighted by atomic mass is 16.5. The average Bonchev–Trinajstić information content (AvgIpc) is 2.55. The van der Waals surface area contributed by atoms with E-state index in [1.54, 1.807) is 0 Å². The van der Waals surface area contributed by atoms with Crippen LogP contribution in [0.2, 0.25) is 0 Å². The van der Waals surface area contributed by atoms with Crippen LogP contribution in [0.4, 0.5) is 4.79 Å². The number of ether oxygens (including phenoxy) is 1. The maximum atomic E-state index is 11.5. The van der Waals surface area contributed by atoms with Crippen LogP contribution in [0.1, 0.15) is 39.5 Å². The molecule has 2 fully saturated rings. The number of hydrogen-bond donors (Lipinski definition) is 2. The van der Waals surface area contributed by atoms with Crippen molar-refractivity contribution in [2.75, 3.05) is 6.61 Å². The van der Waals surface area contributed by atoms with Crippen LogP contribution in [0.25, 0.3) is 0 Å². The van der Waals surface area contributed by atoms with Crippen molar-refractivity contribution in [3.05, 3.63) is 0 Å². The molecule has 2 unspecified atom stereocenters. The molecule has 2 heterocycles. The summed E-state index contributed by atoms with van der Waals surface area (Å²) >= 11 is 0. The molecular formula is C12H22N2O2. The van der Waals surface area contributed by atoms with Gasteiger partial charge in [-0.1, -0.05) is 13.8 Å². The Bertz CT molecular complexity index is 243. The minimum Gasteiger partial charge on any atom is -0.449 e. The summed E-state index contributed by atoms with van der Waals surface area (Å²) in [6, 6.07) is 1.52. The third-order valence-corrected chi connectivity index (χ3v) is 3.34. The van der Waals surface area contributed by atoms with E-state index in [1.807, 2.05) is 13.8 Å². The molecule has 4 heteroatoms. The molecule has 92 valence electrons. The number of rotatable bonds is 3. The first-order chi connectivity index (χ1) is 7.63. The summed E-state index contributed by atoms with van der Waals surface area (Å²) in [6.07, 6.45) is 4.36. The second-order valence-electron chi connectivity index (χ2n) is 5.44. The highest BCUT2D eigenvalue weighted by Crippen LogP contribution is 2.26. The van der Waals surface area contributed by atoms with Crippen LogP contribution in [-0.4, -0.2) is 30.8 Å². The lowest BCUT2D eigenvalue weighted by atomic mass is 10.0. The van der Waals surface area contributed by atoms with Gasteiger partial charge in [0.15, 0.2) is 0 Å². The van der Waals surface area contributed by atoms with Crippen molar-refractivity contribution in [1.29, 1.82) is 0 Å². The molecule has 2 N–H and O–H groups in total. The number of amides is 1. The van der Waals surface area contributed by atoms with Gasteiger partial charge in [0.05, 0.1) is 6.61 Å². The van der Waals surface area contributed by atoms with Crippen LogP contribution >= 0.6 is 0 Å². The quantitative estimate of drug-likeness (QED) is 0.769. The van der Waals surface area contributed by atoms with Crippen LogP contribution in [0.3, 0.4) is 0 Å². The van der Waals surface area contributed by atoms with Crippen molar-refractivity contribution in [1.82, 2.24) is 10.6 Å². The zero-order chi connectivity index (χ0) is 11.5. The molecule has 0 spiro atoms. The molecule has 0 aliphatic carbocycles. The van der Waals surface area contributed by atoms with E-state index in [1.165, 1.54) is 12.8 Å². The van der Waals surface area contributed by atoms with E-state index in [-0.39, 0.29) is 6.09 Å². The maximum absolute atomic E-state index is 11.5. The third kappa shape index (κ3) is 3.11. The number of hydrogen-bond acceptors (Lipinski definition) is 3. The van der Waals surface area contributed by atoms with Gasteiger partial charge in [0.1, 0.15) is 0 Å². The van der Waals surface area contributed by atoms with Crippen LogP contribution in [0.15, 0.2) is 0 Å². The van der Waals surface area contributed by atoms with Crippen molar-refractivity contribution in [2.24, 2.45) is 5.92 Å². The van der Waals surface area contributed by atoms with E-state index in [0.29, 0.717) is 30.7 Å². The minimum atomic E-state index is -0.250. The molecule has 16 heavy (non-hydrogen) atoms. The normalized spacial score (nSPS) is 32.8. The van der Waals surface area contributed by atoms with E-state index < -0.39 is 0 Å². The van der Waals surface area contributed by atoms with Crippen LogP contribution in [0, 0.1) is 5.92 Å². The number of fused-ring (bicyclic) bond motifs is 2. The third-order valence-electron chi connectivity index (χ3n) is 3.34. The summed E-state index contributed by atoms with van der Waals surface area (Å²) < 4.78 is 5.13. The van der Waals surface area contributed by atoms with E-state index in [9.17, 15) is 4.79 Å². The Kier molecular flexibility index (Phi) is 3.69. The SMILES string of the molecule is CC(C)COC(=O)NC1CC2CCC(C1)N2. The zero-order valence-electron chi connectivity index (χ0n) is 10.2. The maximum Gasteiger partial charge on any atom is 0.407 e. The van der Waals surface area contributed by atoms with Crippen molar-refractivity contribution in [2.45, 2.75) is 57.7 Å². The van der Waals surface area contributed by atoms with E-state index in [4.69, 9.17) is 4.74 Å². The van der Waals surface area contributed by atoms with E-state index >= 15 is 0 Å². The Morgan fingerprint density at radius 3 is 2.56 bits per heavy atom. The number of carbonyl (C=O) groups excluding carboxylic acids is 1. The second-order valence-corrected chi connectivity index (χ2v) is 5.44. The van der Waals surface area contributed by atoms with Gasteiger partial charge < -0.3 is 15.4 Å². The summed E-state index contributed by atoms with van der Waals surface area (Å²) in [5.41, 5.74) is 0. The summed E-state index contributed by atoms with van der Waals surface area (Å²) in [7, 11) is 0. The molecule has 0 aromatic rings. The summed E-state index contributed by atoms with van der Waals surface area (Å²) in [5, 5.41) is 6.53. The Labute approximate surface area is 97.1 Å². The zero-order valence-corrected chi connectivity index (χ0v) is 10.2. The van der Waals surface area contributed by atoms with Crippen LogP contribution < -0.4 is 10.6 Å². The molecule has 0 saturated carbocycles. The molecule has 2 saturated heterocycles.